The van der Waals surface area contributed by atoms with Crippen LogP contribution in [0.25, 0.3) is 5.69 Å². The Bertz CT molecular complexity index is 947. The van der Waals surface area contributed by atoms with Gasteiger partial charge in [0.2, 0.25) is 11.9 Å². The van der Waals surface area contributed by atoms with Crippen molar-refractivity contribution in [1.82, 2.24) is 19.7 Å². The number of anilines is 1. The lowest BCUT2D eigenvalue weighted by molar-refractivity contribution is -0.123. The molecule has 25 heavy (non-hydrogen) atoms. The highest BCUT2D eigenvalue weighted by atomic mass is 16.2. The monoisotopic (exact) mass is 340 g/mol. The molecule has 0 unspecified atom stereocenters. The fourth-order valence-electron chi connectivity index (χ4n) is 3.21. The SMILES string of the molecule is CC(C)(C)NC(=O)Cn1nc2n(c1=O)-c1ccccc1C1=NCCN12. The normalized spacial score (nSPS) is 15.3. The zero-order valence-electron chi connectivity index (χ0n) is 14.5. The van der Waals surface area contributed by atoms with Gasteiger partial charge in [-0.2, -0.15) is 0 Å². The van der Waals surface area contributed by atoms with Gasteiger partial charge in [-0.05, 0) is 32.9 Å². The molecule has 0 aliphatic carbocycles. The molecule has 0 fully saturated rings. The van der Waals surface area contributed by atoms with Crippen molar-refractivity contribution in [3.05, 3.63) is 40.3 Å². The average molecular weight is 340 g/mol. The van der Waals surface area contributed by atoms with E-state index in [4.69, 9.17) is 0 Å². The molecule has 1 aromatic heterocycles. The first-order valence-electron chi connectivity index (χ1n) is 8.28. The minimum Gasteiger partial charge on any atom is -0.350 e. The summed E-state index contributed by atoms with van der Waals surface area (Å²) in [7, 11) is 0. The van der Waals surface area contributed by atoms with E-state index in [-0.39, 0.29) is 23.7 Å². The molecule has 8 nitrogen and oxygen atoms in total. The number of amidine groups is 1. The molecule has 2 aliphatic heterocycles. The number of hydrogen-bond acceptors (Lipinski definition) is 5. The van der Waals surface area contributed by atoms with Gasteiger partial charge in [-0.3, -0.25) is 14.7 Å². The second-order valence-electron chi connectivity index (χ2n) is 7.25. The first kappa shape index (κ1) is 15.6. The Morgan fingerprint density at radius 1 is 1.28 bits per heavy atom. The largest absolute Gasteiger partial charge is 0.352 e. The molecule has 4 rings (SSSR count). The van der Waals surface area contributed by atoms with Crippen LogP contribution in [0.5, 0.6) is 0 Å². The van der Waals surface area contributed by atoms with Gasteiger partial charge in [0.1, 0.15) is 12.4 Å². The molecular weight excluding hydrogens is 320 g/mol. The minimum absolute atomic E-state index is 0.113. The number of para-hydroxylation sites is 1. The Hall–Kier alpha value is -2.90. The number of fused-ring (bicyclic) bond motifs is 6. The van der Waals surface area contributed by atoms with E-state index in [1.54, 1.807) is 4.57 Å². The Morgan fingerprint density at radius 2 is 2.04 bits per heavy atom. The molecule has 0 saturated heterocycles. The van der Waals surface area contributed by atoms with Crippen LogP contribution in [0.1, 0.15) is 26.3 Å². The summed E-state index contributed by atoms with van der Waals surface area (Å²) in [6.45, 7) is 6.92. The molecule has 1 aromatic carbocycles. The van der Waals surface area contributed by atoms with Crippen molar-refractivity contribution in [1.29, 1.82) is 0 Å². The van der Waals surface area contributed by atoms with Crippen LogP contribution in [0.4, 0.5) is 5.95 Å². The van der Waals surface area contributed by atoms with Crippen LogP contribution < -0.4 is 15.9 Å². The topological polar surface area (TPSA) is 84.5 Å². The van der Waals surface area contributed by atoms with Crippen molar-refractivity contribution in [2.75, 3.05) is 18.0 Å². The lowest BCUT2D eigenvalue weighted by atomic mass is 10.1. The molecule has 130 valence electrons. The number of aromatic nitrogens is 3. The third-order valence-electron chi connectivity index (χ3n) is 4.10. The first-order valence-corrected chi connectivity index (χ1v) is 8.28. The second-order valence-corrected chi connectivity index (χ2v) is 7.25. The Labute approximate surface area is 144 Å². The molecule has 0 atom stereocenters. The van der Waals surface area contributed by atoms with Crippen molar-refractivity contribution in [3.63, 3.8) is 0 Å². The molecule has 1 N–H and O–H groups in total. The van der Waals surface area contributed by atoms with E-state index < -0.39 is 0 Å². The van der Waals surface area contributed by atoms with Crippen LogP contribution in [-0.4, -0.2) is 44.7 Å². The number of benzene rings is 1. The zero-order chi connectivity index (χ0) is 17.8. The van der Waals surface area contributed by atoms with E-state index in [2.05, 4.69) is 15.4 Å². The summed E-state index contributed by atoms with van der Waals surface area (Å²) in [5.41, 5.74) is 0.981. The van der Waals surface area contributed by atoms with E-state index >= 15 is 0 Å². The average Bonchev–Trinajstić information content (AvgIpc) is 3.12. The van der Waals surface area contributed by atoms with Crippen LogP contribution in [0, 0.1) is 0 Å². The molecular formula is C17H20N6O2. The highest BCUT2D eigenvalue weighted by Crippen LogP contribution is 2.29. The lowest BCUT2D eigenvalue weighted by Crippen LogP contribution is -2.43. The quantitative estimate of drug-likeness (QED) is 0.864. The number of nitrogens with one attached hydrogen (secondary N) is 1. The summed E-state index contributed by atoms with van der Waals surface area (Å²) in [4.78, 5) is 31.6. The van der Waals surface area contributed by atoms with Crippen molar-refractivity contribution in [3.8, 4) is 5.69 Å². The van der Waals surface area contributed by atoms with Gasteiger partial charge >= 0.3 is 5.69 Å². The van der Waals surface area contributed by atoms with Crippen LogP contribution >= 0.6 is 0 Å². The van der Waals surface area contributed by atoms with E-state index in [0.717, 1.165) is 17.1 Å². The van der Waals surface area contributed by atoms with Gasteiger partial charge in [-0.25, -0.2) is 14.0 Å². The maximum Gasteiger partial charge on any atom is 0.352 e. The van der Waals surface area contributed by atoms with Crippen molar-refractivity contribution in [2.24, 2.45) is 4.99 Å². The maximum absolute atomic E-state index is 12.9. The summed E-state index contributed by atoms with van der Waals surface area (Å²) in [5.74, 6) is 1.11. The fourth-order valence-corrected chi connectivity index (χ4v) is 3.21. The molecule has 8 heteroatoms. The summed E-state index contributed by atoms with van der Waals surface area (Å²) in [5, 5.41) is 7.27. The van der Waals surface area contributed by atoms with Gasteiger partial charge in [0.25, 0.3) is 0 Å². The third-order valence-corrected chi connectivity index (χ3v) is 4.10. The van der Waals surface area contributed by atoms with Crippen molar-refractivity contribution in [2.45, 2.75) is 32.9 Å². The van der Waals surface area contributed by atoms with E-state index in [0.29, 0.717) is 19.0 Å². The molecule has 0 bridgehead atoms. The number of carbonyl (C=O) groups is 1. The van der Waals surface area contributed by atoms with Crippen LogP contribution in [0.2, 0.25) is 0 Å². The minimum atomic E-state index is -0.360. The Balaban J connectivity index is 1.78. The lowest BCUT2D eigenvalue weighted by Gasteiger charge is -2.26. The Morgan fingerprint density at radius 3 is 2.80 bits per heavy atom. The first-order chi connectivity index (χ1) is 11.8. The zero-order valence-corrected chi connectivity index (χ0v) is 14.5. The highest BCUT2D eigenvalue weighted by Gasteiger charge is 2.34. The summed E-state index contributed by atoms with van der Waals surface area (Å²) in [6, 6.07) is 7.63. The van der Waals surface area contributed by atoms with Crippen LogP contribution in [0.3, 0.4) is 0 Å². The van der Waals surface area contributed by atoms with Gasteiger partial charge in [0, 0.05) is 17.6 Å². The van der Waals surface area contributed by atoms with Gasteiger partial charge in [-0.1, -0.05) is 12.1 Å². The predicted molar refractivity (Wildman–Crippen MR) is 94.5 cm³/mol. The number of aliphatic imine (C=N–C) groups is 1. The number of nitrogens with zero attached hydrogens (tertiary/aromatic N) is 5. The van der Waals surface area contributed by atoms with Gasteiger partial charge in [0.15, 0.2) is 0 Å². The number of hydrogen-bond donors (Lipinski definition) is 1. The molecule has 2 aliphatic rings. The predicted octanol–water partition coefficient (Wildman–Crippen LogP) is 0.529. The smallest absolute Gasteiger partial charge is 0.350 e. The standard InChI is InChI=1S/C17H20N6O2/c1-17(2,3)19-13(24)10-22-16(25)23-12-7-5-4-6-11(12)14-18-8-9-21(14)15(23)20-22/h4-7H,8-10H2,1-3H3,(H,19,24). The van der Waals surface area contributed by atoms with Crippen molar-refractivity contribution >= 4 is 17.7 Å². The maximum atomic E-state index is 12.9. The van der Waals surface area contributed by atoms with Gasteiger partial charge < -0.3 is 5.32 Å². The summed E-state index contributed by atoms with van der Waals surface area (Å²) in [6.07, 6.45) is 0. The number of amides is 1. The number of rotatable bonds is 2. The van der Waals surface area contributed by atoms with Gasteiger partial charge in [-0.15, -0.1) is 5.10 Å². The fraction of sp³-hybridized carbons (Fsp3) is 0.412. The molecule has 0 spiro atoms. The van der Waals surface area contributed by atoms with Crippen LogP contribution in [0.15, 0.2) is 34.1 Å². The van der Waals surface area contributed by atoms with Crippen LogP contribution in [-0.2, 0) is 11.3 Å². The molecule has 3 heterocycles. The number of carbonyl (C=O) groups excluding carboxylic acids is 1. The molecule has 0 saturated carbocycles. The van der Waals surface area contributed by atoms with E-state index in [1.807, 2.05) is 49.9 Å². The summed E-state index contributed by atoms with van der Waals surface area (Å²) >= 11 is 0. The van der Waals surface area contributed by atoms with E-state index in [1.165, 1.54) is 4.68 Å². The molecule has 0 radical (unpaired) electrons. The molecule has 2 aromatic rings. The Kier molecular flexibility index (Phi) is 3.31. The van der Waals surface area contributed by atoms with Crippen molar-refractivity contribution < 1.29 is 4.79 Å². The van der Waals surface area contributed by atoms with Gasteiger partial charge in [0.05, 0.1) is 12.2 Å². The summed E-state index contributed by atoms with van der Waals surface area (Å²) < 4.78 is 2.78. The highest BCUT2D eigenvalue weighted by molar-refractivity contribution is 6.14. The van der Waals surface area contributed by atoms with E-state index in [9.17, 15) is 9.59 Å². The molecule has 1 amide bonds. The third kappa shape index (κ3) is 2.54. The second kappa shape index (κ2) is 5.30.